The molecule has 0 aliphatic rings. The van der Waals surface area contributed by atoms with Gasteiger partial charge in [-0.2, -0.15) is 0 Å². The number of amides is 1. The summed E-state index contributed by atoms with van der Waals surface area (Å²) in [6.45, 7) is 0.501. The molecule has 0 atom stereocenters. The molecule has 70 valence electrons. The maximum absolute atomic E-state index is 10.9. The number of hydrogen-bond acceptors (Lipinski definition) is 1. The molecule has 0 aromatic heterocycles. The van der Waals surface area contributed by atoms with Gasteiger partial charge in [0.15, 0.2) is 0 Å². The number of carbonyl (C=O) groups excluding carboxylic acids is 1. The molecule has 0 fully saturated rings. The summed E-state index contributed by atoms with van der Waals surface area (Å²) in [5.74, 6) is 0.0283. The summed E-state index contributed by atoms with van der Waals surface area (Å²) in [6.07, 6.45) is 0. The van der Waals surface area contributed by atoms with Crippen LogP contribution < -0.4 is 5.32 Å². The lowest BCUT2D eigenvalue weighted by Crippen LogP contribution is -2.23. The average molecular weight is 310 g/mol. The van der Waals surface area contributed by atoms with E-state index in [1.54, 1.807) is 0 Å². The monoisotopic (exact) mass is 309 g/mol. The summed E-state index contributed by atoms with van der Waals surface area (Å²) in [5.41, 5.74) is 0.947. The van der Waals surface area contributed by atoms with Gasteiger partial charge in [-0.15, -0.1) is 0 Å². The predicted molar refractivity (Wildman–Crippen MR) is 62.2 cm³/mol. The van der Waals surface area contributed by atoms with Crippen molar-refractivity contribution < 1.29 is 4.79 Å². The molecule has 2 nitrogen and oxygen atoms in total. The van der Waals surface area contributed by atoms with Gasteiger partial charge in [-0.3, -0.25) is 4.79 Å². The third kappa shape index (κ3) is 3.52. The van der Waals surface area contributed by atoms with Crippen LogP contribution in [-0.4, -0.2) is 10.3 Å². The fraction of sp³-hybridized carbons (Fsp3) is 0.222. The predicted octanol–water partition coefficient (Wildman–Crippen LogP) is 2.39. The zero-order valence-corrected chi connectivity index (χ0v) is 9.80. The van der Waals surface area contributed by atoms with Crippen molar-refractivity contribution in [1.29, 1.82) is 0 Å². The number of nitrogens with one attached hydrogen (secondary N) is 1. The molecule has 0 radical (unpaired) electrons. The van der Waals surface area contributed by atoms with Gasteiger partial charge in [0.05, 0.1) is 4.43 Å². The van der Waals surface area contributed by atoms with E-state index in [0.29, 0.717) is 16.0 Å². The molecule has 0 aliphatic carbocycles. The fourth-order valence-electron chi connectivity index (χ4n) is 0.883. The first kappa shape index (κ1) is 10.8. The fourth-order valence-corrected chi connectivity index (χ4v) is 1.36. The first-order valence-electron chi connectivity index (χ1n) is 3.80. The molecular formula is C9H9ClINO. The van der Waals surface area contributed by atoms with Gasteiger partial charge in [-0.05, 0) is 11.6 Å². The van der Waals surface area contributed by atoms with Crippen LogP contribution in [0.25, 0.3) is 0 Å². The molecule has 0 spiro atoms. The Morgan fingerprint density at radius 2 is 2.15 bits per heavy atom. The molecule has 4 heteroatoms. The van der Waals surface area contributed by atoms with Crippen molar-refractivity contribution in [1.82, 2.24) is 5.32 Å². The van der Waals surface area contributed by atoms with Crippen LogP contribution in [0.4, 0.5) is 0 Å². The van der Waals surface area contributed by atoms with Crippen molar-refractivity contribution in [3.63, 3.8) is 0 Å². The number of benzene rings is 1. The number of carbonyl (C=O) groups is 1. The summed E-state index contributed by atoms with van der Waals surface area (Å²) in [6, 6.07) is 7.48. The Labute approximate surface area is 95.8 Å². The highest BCUT2D eigenvalue weighted by Gasteiger charge is 2.00. The Bertz CT molecular complexity index is 303. The molecule has 0 aliphatic heterocycles. The SMILES string of the molecule is O=C(CI)NCc1ccccc1Cl. The van der Waals surface area contributed by atoms with Crippen LogP contribution in [-0.2, 0) is 11.3 Å². The van der Waals surface area contributed by atoms with Gasteiger partial charge < -0.3 is 5.32 Å². The van der Waals surface area contributed by atoms with Crippen molar-refractivity contribution in [3.8, 4) is 0 Å². The van der Waals surface area contributed by atoms with Crippen LogP contribution >= 0.6 is 34.2 Å². The van der Waals surface area contributed by atoms with Crippen LogP contribution in [0.1, 0.15) is 5.56 Å². The van der Waals surface area contributed by atoms with E-state index in [1.807, 2.05) is 46.9 Å². The minimum Gasteiger partial charge on any atom is -0.351 e. The van der Waals surface area contributed by atoms with E-state index >= 15 is 0 Å². The highest BCUT2D eigenvalue weighted by molar-refractivity contribution is 14.1. The number of halogens is 2. The van der Waals surface area contributed by atoms with Crippen LogP contribution in [0.15, 0.2) is 24.3 Å². The van der Waals surface area contributed by atoms with Gasteiger partial charge in [0.25, 0.3) is 0 Å². The van der Waals surface area contributed by atoms with Crippen molar-refractivity contribution in [2.75, 3.05) is 4.43 Å². The summed E-state index contributed by atoms with van der Waals surface area (Å²) < 4.78 is 0.474. The van der Waals surface area contributed by atoms with E-state index in [4.69, 9.17) is 11.6 Å². The summed E-state index contributed by atoms with van der Waals surface area (Å²) in [4.78, 5) is 10.9. The van der Waals surface area contributed by atoms with E-state index in [9.17, 15) is 4.79 Å². The van der Waals surface area contributed by atoms with E-state index in [0.717, 1.165) is 5.56 Å². The lowest BCUT2D eigenvalue weighted by molar-refractivity contribution is -0.118. The van der Waals surface area contributed by atoms with Crippen LogP contribution in [0.3, 0.4) is 0 Å². The van der Waals surface area contributed by atoms with E-state index in [1.165, 1.54) is 0 Å². The summed E-state index contributed by atoms with van der Waals surface area (Å²) >= 11 is 7.92. The Morgan fingerprint density at radius 3 is 2.77 bits per heavy atom. The van der Waals surface area contributed by atoms with E-state index in [2.05, 4.69) is 5.32 Å². The zero-order valence-electron chi connectivity index (χ0n) is 6.89. The average Bonchev–Trinajstić information content (AvgIpc) is 2.16. The Hall–Kier alpha value is -0.290. The normalized spacial score (nSPS) is 9.69. The van der Waals surface area contributed by atoms with Gasteiger partial charge in [-0.1, -0.05) is 52.4 Å². The zero-order chi connectivity index (χ0) is 9.68. The second-order valence-electron chi connectivity index (χ2n) is 2.50. The van der Waals surface area contributed by atoms with Crippen molar-refractivity contribution >= 4 is 40.1 Å². The third-order valence-electron chi connectivity index (χ3n) is 1.56. The summed E-state index contributed by atoms with van der Waals surface area (Å²) in [7, 11) is 0. The van der Waals surface area contributed by atoms with Crippen LogP contribution in [0.5, 0.6) is 0 Å². The lowest BCUT2D eigenvalue weighted by Gasteiger charge is -2.04. The Kier molecular flexibility index (Phi) is 4.52. The first-order chi connectivity index (χ1) is 6.24. The lowest BCUT2D eigenvalue weighted by atomic mass is 10.2. The molecule has 0 saturated carbocycles. The number of hydrogen-bond donors (Lipinski definition) is 1. The second-order valence-corrected chi connectivity index (χ2v) is 3.67. The van der Waals surface area contributed by atoms with Gasteiger partial charge in [0.1, 0.15) is 0 Å². The largest absolute Gasteiger partial charge is 0.351 e. The highest BCUT2D eigenvalue weighted by atomic mass is 127. The number of rotatable bonds is 3. The minimum atomic E-state index is 0.0283. The molecule has 0 bridgehead atoms. The minimum absolute atomic E-state index is 0.0283. The van der Waals surface area contributed by atoms with Gasteiger partial charge >= 0.3 is 0 Å². The molecule has 1 aromatic rings. The van der Waals surface area contributed by atoms with Crippen LogP contribution in [0.2, 0.25) is 5.02 Å². The van der Waals surface area contributed by atoms with E-state index in [-0.39, 0.29) is 5.91 Å². The molecular weight excluding hydrogens is 300 g/mol. The smallest absolute Gasteiger partial charge is 0.230 e. The molecule has 1 amide bonds. The molecule has 1 rings (SSSR count). The van der Waals surface area contributed by atoms with Crippen molar-refractivity contribution in [2.45, 2.75) is 6.54 Å². The molecule has 0 saturated heterocycles. The maximum atomic E-state index is 10.9. The maximum Gasteiger partial charge on any atom is 0.230 e. The van der Waals surface area contributed by atoms with Gasteiger partial charge in [-0.25, -0.2) is 0 Å². The third-order valence-corrected chi connectivity index (χ3v) is 2.62. The first-order valence-corrected chi connectivity index (χ1v) is 5.70. The second kappa shape index (κ2) is 5.44. The standard InChI is InChI=1S/C9H9ClINO/c10-8-4-2-1-3-7(8)6-12-9(13)5-11/h1-4H,5-6H2,(H,12,13). The van der Waals surface area contributed by atoms with Gasteiger partial charge in [0, 0.05) is 11.6 Å². The van der Waals surface area contributed by atoms with E-state index < -0.39 is 0 Å². The molecule has 0 unspecified atom stereocenters. The Balaban J connectivity index is 2.54. The molecule has 0 heterocycles. The van der Waals surface area contributed by atoms with Crippen LogP contribution in [0, 0.1) is 0 Å². The molecule has 13 heavy (non-hydrogen) atoms. The molecule has 1 aromatic carbocycles. The topological polar surface area (TPSA) is 29.1 Å². The number of alkyl halides is 1. The summed E-state index contributed by atoms with van der Waals surface area (Å²) in [5, 5.41) is 3.45. The van der Waals surface area contributed by atoms with Crippen molar-refractivity contribution in [2.24, 2.45) is 0 Å². The highest BCUT2D eigenvalue weighted by Crippen LogP contribution is 2.14. The van der Waals surface area contributed by atoms with Crippen molar-refractivity contribution in [3.05, 3.63) is 34.9 Å². The van der Waals surface area contributed by atoms with Gasteiger partial charge in [0.2, 0.25) is 5.91 Å². The quantitative estimate of drug-likeness (QED) is 0.674. The molecule has 1 N–H and O–H groups in total. The Morgan fingerprint density at radius 1 is 1.46 bits per heavy atom.